The molecule has 0 radical (unpaired) electrons. The van der Waals surface area contributed by atoms with Crippen LogP contribution in [0, 0.1) is 0 Å². The van der Waals surface area contributed by atoms with E-state index in [0.717, 1.165) is 17.4 Å². The summed E-state index contributed by atoms with van der Waals surface area (Å²) in [5.41, 5.74) is 5.63. The summed E-state index contributed by atoms with van der Waals surface area (Å²) >= 11 is 5.05. The van der Waals surface area contributed by atoms with Gasteiger partial charge in [0.1, 0.15) is 0 Å². The van der Waals surface area contributed by atoms with Crippen LogP contribution < -0.4 is 5.73 Å². The topological polar surface area (TPSA) is 46.3 Å². The molecule has 1 unspecified atom stereocenters. The molecule has 5 heteroatoms. The Morgan fingerprint density at radius 3 is 3.00 bits per heavy atom. The van der Waals surface area contributed by atoms with E-state index in [9.17, 15) is 4.79 Å². The molecule has 3 nitrogen and oxygen atoms in total. The maximum Gasteiger partial charge on any atom is 0.239 e. The molecular weight excluding hydrogens is 264 g/mol. The molecule has 0 bridgehead atoms. The molecular formula is C9H11BrN2OS. The van der Waals surface area contributed by atoms with Gasteiger partial charge in [-0.2, -0.15) is 0 Å². The molecule has 0 spiro atoms. The zero-order chi connectivity index (χ0) is 10.1. The second-order valence-corrected chi connectivity index (χ2v) is 5.30. The van der Waals surface area contributed by atoms with Gasteiger partial charge >= 0.3 is 0 Å². The lowest BCUT2D eigenvalue weighted by Crippen LogP contribution is -2.33. The van der Waals surface area contributed by atoms with E-state index in [1.165, 1.54) is 4.88 Å². The molecule has 1 aliphatic heterocycles. The number of likely N-dealkylation sites (tertiary alicyclic amines) is 1. The van der Waals surface area contributed by atoms with Crippen LogP contribution in [0.3, 0.4) is 0 Å². The molecule has 2 rings (SSSR count). The van der Waals surface area contributed by atoms with Gasteiger partial charge in [-0.1, -0.05) is 0 Å². The molecule has 76 valence electrons. The minimum Gasteiger partial charge on any atom is -0.336 e. The van der Waals surface area contributed by atoms with Crippen LogP contribution in [0.5, 0.6) is 0 Å². The predicted molar refractivity (Wildman–Crippen MR) is 60.0 cm³/mol. The van der Waals surface area contributed by atoms with Crippen molar-refractivity contribution >= 4 is 33.2 Å². The third-order valence-electron chi connectivity index (χ3n) is 2.31. The lowest BCUT2D eigenvalue weighted by Gasteiger charge is -2.14. The molecule has 2 heterocycles. The van der Waals surface area contributed by atoms with Crippen molar-refractivity contribution in [2.24, 2.45) is 5.73 Å². The third kappa shape index (κ3) is 1.99. The molecule has 0 aromatic carbocycles. The number of nitrogens with two attached hydrogens (primary N) is 1. The highest BCUT2D eigenvalue weighted by Crippen LogP contribution is 2.22. The van der Waals surface area contributed by atoms with Crippen LogP contribution in [-0.2, 0) is 11.3 Å². The van der Waals surface area contributed by atoms with E-state index >= 15 is 0 Å². The van der Waals surface area contributed by atoms with Crippen molar-refractivity contribution in [3.05, 3.63) is 20.8 Å². The van der Waals surface area contributed by atoms with Gasteiger partial charge in [-0.3, -0.25) is 4.79 Å². The van der Waals surface area contributed by atoms with Gasteiger partial charge < -0.3 is 10.6 Å². The number of carbonyl (C=O) groups is 1. The quantitative estimate of drug-likeness (QED) is 0.890. The SMILES string of the molecule is NC1CCN(Cc2cc(Br)cs2)C1=O. The fourth-order valence-electron chi connectivity index (χ4n) is 1.54. The van der Waals surface area contributed by atoms with Crippen LogP contribution in [0.25, 0.3) is 0 Å². The van der Waals surface area contributed by atoms with Crippen LogP contribution in [0.4, 0.5) is 0 Å². The summed E-state index contributed by atoms with van der Waals surface area (Å²) < 4.78 is 1.08. The van der Waals surface area contributed by atoms with Gasteiger partial charge in [0.05, 0.1) is 12.6 Å². The van der Waals surface area contributed by atoms with Crippen LogP contribution >= 0.6 is 27.3 Å². The lowest BCUT2D eigenvalue weighted by molar-refractivity contribution is -0.129. The Labute approximate surface area is 95.0 Å². The summed E-state index contributed by atoms with van der Waals surface area (Å²) in [5.74, 6) is 0.0783. The standard InChI is InChI=1S/C9H11BrN2OS/c10-6-3-7(14-5-6)4-12-2-1-8(11)9(12)13/h3,5,8H,1-2,4,11H2. The van der Waals surface area contributed by atoms with Crippen LogP contribution in [0.15, 0.2) is 15.9 Å². The van der Waals surface area contributed by atoms with Crippen molar-refractivity contribution in [3.8, 4) is 0 Å². The number of thiophene rings is 1. The minimum absolute atomic E-state index is 0.0783. The van der Waals surface area contributed by atoms with Crippen molar-refractivity contribution in [3.63, 3.8) is 0 Å². The predicted octanol–water partition coefficient (Wildman–Crippen LogP) is 1.57. The lowest BCUT2D eigenvalue weighted by atomic mass is 10.3. The Kier molecular flexibility index (Phi) is 2.90. The Morgan fingerprint density at radius 2 is 2.50 bits per heavy atom. The van der Waals surface area contributed by atoms with Gasteiger partial charge in [0.15, 0.2) is 0 Å². The van der Waals surface area contributed by atoms with E-state index in [2.05, 4.69) is 15.9 Å². The maximum atomic E-state index is 11.5. The van der Waals surface area contributed by atoms with Crippen LogP contribution in [-0.4, -0.2) is 23.4 Å². The summed E-state index contributed by atoms with van der Waals surface area (Å²) in [7, 11) is 0. The van der Waals surface area contributed by atoms with Crippen LogP contribution in [0.1, 0.15) is 11.3 Å². The molecule has 1 saturated heterocycles. The van der Waals surface area contributed by atoms with Crippen molar-refractivity contribution in [2.75, 3.05) is 6.54 Å². The largest absolute Gasteiger partial charge is 0.336 e. The number of hydrogen-bond donors (Lipinski definition) is 1. The fourth-order valence-corrected chi connectivity index (χ4v) is 3.01. The van der Waals surface area contributed by atoms with Gasteiger partial charge in [0, 0.05) is 21.3 Å². The highest BCUT2D eigenvalue weighted by Gasteiger charge is 2.28. The zero-order valence-electron chi connectivity index (χ0n) is 7.57. The molecule has 2 N–H and O–H groups in total. The zero-order valence-corrected chi connectivity index (χ0v) is 9.97. The Balaban J connectivity index is 2.02. The molecule has 1 atom stereocenters. The normalized spacial score (nSPS) is 22.0. The average molecular weight is 275 g/mol. The van der Waals surface area contributed by atoms with Gasteiger partial charge in [-0.05, 0) is 28.4 Å². The highest BCUT2D eigenvalue weighted by atomic mass is 79.9. The van der Waals surface area contributed by atoms with Gasteiger partial charge in [0.25, 0.3) is 0 Å². The summed E-state index contributed by atoms with van der Waals surface area (Å²) in [4.78, 5) is 14.5. The maximum absolute atomic E-state index is 11.5. The second kappa shape index (κ2) is 4.00. The average Bonchev–Trinajstić information content (AvgIpc) is 2.67. The van der Waals surface area contributed by atoms with E-state index in [1.807, 2.05) is 16.3 Å². The van der Waals surface area contributed by atoms with E-state index in [0.29, 0.717) is 6.54 Å². The third-order valence-corrected chi connectivity index (χ3v) is 3.99. The number of carbonyl (C=O) groups excluding carboxylic acids is 1. The first-order chi connectivity index (χ1) is 6.66. The van der Waals surface area contributed by atoms with Crippen molar-refractivity contribution in [1.82, 2.24) is 4.90 Å². The van der Waals surface area contributed by atoms with Gasteiger partial charge in [-0.15, -0.1) is 11.3 Å². The number of nitrogens with zero attached hydrogens (tertiary/aromatic N) is 1. The highest BCUT2D eigenvalue weighted by molar-refractivity contribution is 9.10. The summed E-state index contributed by atoms with van der Waals surface area (Å²) in [6.07, 6.45) is 0.783. The first-order valence-corrected chi connectivity index (χ1v) is 6.11. The van der Waals surface area contributed by atoms with E-state index < -0.39 is 0 Å². The Hall–Kier alpha value is -0.390. The number of halogens is 1. The first-order valence-electron chi connectivity index (χ1n) is 4.44. The number of rotatable bonds is 2. The monoisotopic (exact) mass is 274 g/mol. The summed E-state index contributed by atoms with van der Waals surface area (Å²) in [6.45, 7) is 1.48. The van der Waals surface area contributed by atoms with Crippen molar-refractivity contribution < 1.29 is 4.79 Å². The molecule has 1 aliphatic rings. The van der Waals surface area contributed by atoms with E-state index in [-0.39, 0.29) is 11.9 Å². The Bertz CT molecular complexity index is 352. The summed E-state index contributed by atoms with van der Waals surface area (Å²) in [5, 5.41) is 2.02. The minimum atomic E-state index is -0.279. The van der Waals surface area contributed by atoms with E-state index in [4.69, 9.17) is 5.73 Å². The van der Waals surface area contributed by atoms with Gasteiger partial charge in [0.2, 0.25) is 5.91 Å². The molecule has 0 aliphatic carbocycles. The molecule has 1 fully saturated rings. The molecule has 14 heavy (non-hydrogen) atoms. The molecule has 1 aromatic rings. The van der Waals surface area contributed by atoms with Gasteiger partial charge in [-0.25, -0.2) is 0 Å². The second-order valence-electron chi connectivity index (χ2n) is 3.39. The van der Waals surface area contributed by atoms with E-state index in [1.54, 1.807) is 11.3 Å². The van der Waals surface area contributed by atoms with Crippen molar-refractivity contribution in [2.45, 2.75) is 19.0 Å². The van der Waals surface area contributed by atoms with Crippen molar-refractivity contribution in [1.29, 1.82) is 0 Å². The molecule has 0 saturated carbocycles. The fraction of sp³-hybridized carbons (Fsp3) is 0.444. The molecule has 1 aromatic heterocycles. The number of hydrogen-bond acceptors (Lipinski definition) is 3. The smallest absolute Gasteiger partial charge is 0.239 e. The molecule has 1 amide bonds. The van der Waals surface area contributed by atoms with Crippen LogP contribution in [0.2, 0.25) is 0 Å². The first kappa shape index (κ1) is 10.1. The summed E-state index contributed by atoms with van der Waals surface area (Å²) in [6, 6.07) is 1.76. The Morgan fingerprint density at radius 1 is 1.71 bits per heavy atom. The number of amides is 1.